The van der Waals surface area contributed by atoms with Gasteiger partial charge in [-0.2, -0.15) is 0 Å². The zero-order valence-corrected chi connectivity index (χ0v) is 12.4. The molecule has 1 fully saturated rings. The molecule has 0 spiro atoms. The number of nitrogens with one attached hydrogen (secondary N) is 1. The Balaban J connectivity index is 1.78. The highest BCUT2D eigenvalue weighted by molar-refractivity contribution is 5.96. The van der Waals surface area contributed by atoms with E-state index in [0.717, 1.165) is 12.8 Å². The first kappa shape index (κ1) is 14.6. The van der Waals surface area contributed by atoms with E-state index in [4.69, 9.17) is 4.74 Å². The molecule has 116 valence electrons. The van der Waals surface area contributed by atoms with Gasteiger partial charge in [-0.1, -0.05) is 12.2 Å². The third-order valence-corrected chi connectivity index (χ3v) is 4.69. The van der Waals surface area contributed by atoms with E-state index in [1.165, 1.54) is 0 Å². The van der Waals surface area contributed by atoms with E-state index >= 15 is 0 Å². The molecule has 2 bridgehead atoms. The lowest BCUT2D eigenvalue weighted by molar-refractivity contribution is -0.151. The number of ether oxygens (including phenoxy) is 1. The minimum Gasteiger partial charge on any atom is -0.497 e. The van der Waals surface area contributed by atoms with Crippen LogP contribution in [0.4, 0.5) is 5.69 Å². The number of methoxy groups -OCH3 is 1. The SMILES string of the molecule is COc1ccc(NC(=O)[C@@H]2[C@H](C(=O)O)[C@H]3C=C[C@H]2CC3)cc1. The number of carboxylic acid groups (broad SMARTS) is 1. The van der Waals surface area contributed by atoms with Crippen molar-refractivity contribution in [2.24, 2.45) is 23.7 Å². The summed E-state index contributed by atoms with van der Waals surface area (Å²) in [5, 5.41) is 12.3. The Kier molecular flexibility index (Phi) is 3.88. The molecule has 0 heterocycles. The van der Waals surface area contributed by atoms with Gasteiger partial charge in [0.05, 0.1) is 18.9 Å². The molecule has 4 atom stereocenters. The van der Waals surface area contributed by atoms with E-state index in [9.17, 15) is 14.7 Å². The van der Waals surface area contributed by atoms with Gasteiger partial charge in [-0.15, -0.1) is 0 Å². The highest BCUT2D eigenvalue weighted by Gasteiger charge is 2.48. The van der Waals surface area contributed by atoms with E-state index in [1.54, 1.807) is 31.4 Å². The van der Waals surface area contributed by atoms with E-state index in [0.29, 0.717) is 11.4 Å². The minimum absolute atomic E-state index is 0.0179. The molecule has 3 aliphatic carbocycles. The molecule has 22 heavy (non-hydrogen) atoms. The summed E-state index contributed by atoms with van der Waals surface area (Å²) in [4.78, 5) is 24.2. The van der Waals surface area contributed by atoms with Crippen molar-refractivity contribution in [3.05, 3.63) is 36.4 Å². The van der Waals surface area contributed by atoms with Crippen molar-refractivity contribution < 1.29 is 19.4 Å². The van der Waals surface area contributed by atoms with Gasteiger partial charge in [0.1, 0.15) is 5.75 Å². The lowest BCUT2D eigenvalue weighted by Gasteiger charge is -2.41. The molecule has 0 unspecified atom stereocenters. The summed E-state index contributed by atoms with van der Waals surface area (Å²) in [7, 11) is 1.58. The predicted octanol–water partition coefficient (Wildman–Crippen LogP) is 2.55. The molecule has 1 aromatic carbocycles. The Bertz CT molecular complexity index is 608. The highest BCUT2D eigenvalue weighted by atomic mass is 16.5. The number of carbonyl (C=O) groups excluding carboxylic acids is 1. The summed E-state index contributed by atoms with van der Waals surface area (Å²) in [5.41, 5.74) is 0.653. The number of carbonyl (C=O) groups is 2. The maximum atomic E-state index is 12.6. The summed E-state index contributed by atoms with van der Waals surface area (Å²) in [6.45, 7) is 0. The smallest absolute Gasteiger partial charge is 0.307 e. The molecule has 0 aliphatic heterocycles. The molecule has 5 nitrogen and oxygen atoms in total. The number of rotatable bonds is 4. The van der Waals surface area contributed by atoms with Crippen LogP contribution in [0.3, 0.4) is 0 Å². The number of allylic oxidation sites excluding steroid dienone is 2. The molecule has 3 aliphatic rings. The van der Waals surface area contributed by atoms with Crippen LogP contribution in [0.1, 0.15) is 12.8 Å². The second-order valence-electron chi connectivity index (χ2n) is 5.90. The predicted molar refractivity (Wildman–Crippen MR) is 81.6 cm³/mol. The number of aliphatic carboxylic acids is 1. The summed E-state index contributed by atoms with van der Waals surface area (Å²) in [5.74, 6) is -1.52. The normalized spacial score (nSPS) is 29.1. The zero-order chi connectivity index (χ0) is 15.7. The standard InChI is InChI=1S/C17H19NO4/c1-22-13-8-6-12(7-9-13)18-16(19)14-10-2-4-11(5-3-10)15(14)17(20)21/h2,4,6-11,14-15H,3,5H2,1H3,(H,18,19)(H,20,21)/t10-,11-,14-,15+/m0/s1. The fourth-order valence-electron chi connectivity index (χ4n) is 3.59. The van der Waals surface area contributed by atoms with Gasteiger partial charge in [-0.05, 0) is 48.9 Å². The van der Waals surface area contributed by atoms with Gasteiger partial charge < -0.3 is 15.2 Å². The van der Waals surface area contributed by atoms with Gasteiger partial charge in [0, 0.05) is 5.69 Å². The molecule has 5 heteroatoms. The van der Waals surface area contributed by atoms with E-state index in [1.807, 2.05) is 12.2 Å². The number of fused-ring (bicyclic) bond motifs is 2. The monoisotopic (exact) mass is 301 g/mol. The summed E-state index contributed by atoms with van der Waals surface area (Å²) in [6.07, 6.45) is 5.70. The first-order valence-corrected chi connectivity index (χ1v) is 7.46. The highest BCUT2D eigenvalue weighted by Crippen LogP contribution is 2.45. The largest absolute Gasteiger partial charge is 0.497 e. The Labute approximate surface area is 129 Å². The van der Waals surface area contributed by atoms with E-state index in [-0.39, 0.29) is 17.7 Å². The van der Waals surface area contributed by atoms with Crippen LogP contribution in [-0.2, 0) is 9.59 Å². The minimum atomic E-state index is -0.881. The fraction of sp³-hybridized carbons (Fsp3) is 0.412. The van der Waals surface area contributed by atoms with Gasteiger partial charge in [0.2, 0.25) is 5.91 Å². The molecule has 2 N–H and O–H groups in total. The number of anilines is 1. The maximum Gasteiger partial charge on any atom is 0.307 e. The molecule has 4 rings (SSSR count). The van der Waals surface area contributed by atoms with Crippen LogP contribution in [0.25, 0.3) is 0 Å². The summed E-state index contributed by atoms with van der Waals surface area (Å²) < 4.78 is 5.08. The lowest BCUT2D eigenvalue weighted by Crippen LogP contribution is -2.47. The number of carboxylic acids is 1. The molecule has 1 aromatic rings. The van der Waals surface area contributed by atoms with Crippen LogP contribution in [0.15, 0.2) is 36.4 Å². The number of amides is 1. The van der Waals surface area contributed by atoms with Gasteiger partial charge in [-0.25, -0.2) is 0 Å². The Morgan fingerprint density at radius 3 is 2.18 bits per heavy atom. The first-order valence-electron chi connectivity index (χ1n) is 7.46. The lowest BCUT2D eigenvalue weighted by atomic mass is 9.62. The third kappa shape index (κ3) is 2.58. The van der Waals surface area contributed by atoms with Crippen LogP contribution >= 0.6 is 0 Å². The quantitative estimate of drug-likeness (QED) is 0.838. The number of hydrogen-bond acceptors (Lipinski definition) is 3. The second-order valence-corrected chi connectivity index (χ2v) is 5.90. The van der Waals surface area contributed by atoms with Crippen molar-refractivity contribution >= 4 is 17.6 Å². The Morgan fingerprint density at radius 1 is 1.09 bits per heavy atom. The van der Waals surface area contributed by atoms with Crippen LogP contribution < -0.4 is 10.1 Å². The molecule has 0 saturated heterocycles. The van der Waals surface area contributed by atoms with Crippen LogP contribution in [-0.4, -0.2) is 24.1 Å². The van der Waals surface area contributed by atoms with Crippen molar-refractivity contribution in [2.45, 2.75) is 12.8 Å². The molecule has 1 amide bonds. The van der Waals surface area contributed by atoms with Gasteiger partial charge in [-0.3, -0.25) is 9.59 Å². The summed E-state index contributed by atoms with van der Waals surface area (Å²) in [6, 6.07) is 7.03. The van der Waals surface area contributed by atoms with Crippen molar-refractivity contribution in [1.82, 2.24) is 0 Å². The van der Waals surface area contributed by atoms with E-state index in [2.05, 4.69) is 5.32 Å². The van der Waals surface area contributed by atoms with Crippen molar-refractivity contribution in [1.29, 1.82) is 0 Å². The third-order valence-electron chi connectivity index (χ3n) is 4.69. The van der Waals surface area contributed by atoms with Crippen molar-refractivity contribution in [2.75, 3.05) is 12.4 Å². The topological polar surface area (TPSA) is 75.6 Å². The van der Waals surface area contributed by atoms with Crippen LogP contribution in [0.2, 0.25) is 0 Å². The van der Waals surface area contributed by atoms with Gasteiger partial charge >= 0.3 is 5.97 Å². The second kappa shape index (κ2) is 5.83. The molecule has 1 saturated carbocycles. The number of benzene rings is 1. The fourth-order valence-corrected chi connectivity index (χ4v) is 3.59. The molecular formula is C17H19NO4. The van der Waals surface area contributed by atoms with Gasteiger partial charge in [0.15, 0.2) is 0 Å². The van der Waals surface area contributed by atoms with Crippen molar-refractivity contribution in [3.63, 3.8) is 0 Å². The average molecular weight is 301 g/mol. The molecule has 0 aromatic heterocycles. The maximum absolute atomic E-state index is 12.6. The number of hydrogen-bond donors (Lipinski definition) is 2. The molecular weight excluding hydrogens is 282 g/mol. The Morgan fingerprint density at radius 2 is 1.68 bits per heavy atom. The molecule has 0 radical (unpaired) electrons. The van der Waals surface area contributed by atoms with Gasteiger partial charge in [0.25, 0.3) is 0 Å². The van der Waals surface area contributed by atoms with Crippen LogP contribution in [0.5, 0.6) is 5.75 Å². The summed E-state index contributed by atoms with van der Waals surface area (Å²) >= 11 is 0. The zero-order valence-electron chi connectivity index (χ0n) is 12.4. The Hall–Kier alpha value is -2.30. The average Bonchev–Trinajstić information content (AvgIpc) is 2.55. The van der Waals surface area contributed by atoms with E-state index < -0.39 is 17.8 Å². The first-order chi connectivity index (χ1) is 10.6. The van der Waals surface area contributed by atoms with Crippen molar-refractivity contribution in [3.8, 4) is 5.75 Å². The van der Waals surface area contributed by atoms with Crippen LogP contribution in [0, 0.1) is 23.7 Å².